The van der Waals surface area contributed by atoms with E-state index in [2.05, 4.69) is 0 Å². The molecule has 0 spiro atoms. The van der Waals surface area contributed by atoms with Crippen molar-refractivity contribution in [1.82, 2.24) is 0 Å². The number of phenols is 1. The molecule has 0 saturated heterocycles. The van der Waals surface area contributed by atoms with E-state index >= 15 is 0 Å². The fraction of sp³-hybridized carbons (Fsp3) is 0.455. The molecule has 0 bridgehead atoms. The highest BCUT2D eigenvalue weighted by Gasteiger charge is 2.11. The minimum absolute atomic E-state index is 0.154. The second-order valence-electron chi connectivity index (χ2n) is 3.28. The Balaban J connectivity index is 2.59. The largest absolute Gasteiger partial charge is 0.504 e. The van der Waals surface area contributed by atoms with Gasteiger partial charge >= 0.3 is 0 Å². The standard InChI is InChI=1S/C11H14F2O2/c1-2-3-4-11(13)15-10-7-8(12)5-6-9(10)14/h5-7,11,14H,2-4H2,1H3. The van der Waals surface area contributed by atoms with Crippen LogP contribution < -0.4 is 4.74 Å². The molecule has 0 heterocycles. The first-order valence-electron chi connectivity index (χ1n) is 4.92. The molecule has 4 heteroatoms. The van der Waals surface area contributed by atoms with E-state index in [-0.39, 0.29) is 17.9 Å². The normalized spacial score (nSPS) is 12.5. The summed E-state index contributed by atoms with van der Waals surface area (Å²) in [4.78, 5) is 0. The molecular formula is C11H14F2O2. The maximum Gasteiger partial charge on any atom is 0.238 e. The van der Waals surface area contributed by atoms with Crippen LogP contribution in [-0.4, -0.2) is 11.5 Å². The van der Waals surface area contributed by atoms with Crippen molar-refractivity contribution in [1.29, 1.82) is 0 Å². The summed E-state index contributed by atoms with van der Waals surface area (Å²) >= 11 is 0. The van der Waals surface area contributed by atoms with Gasteiger partial charge in [0.15, 0.2) is 11.5 Å². The van der Waals surface area contributed by atoms with Crippen molar-refractivity contribution in [3.63, 3.8) is 0 Å². The number of unbranched alkanes of at least 4 members (excludes halogenated alkanes) is 1. The molecule has 0 radical (unpaired) electrons. The van der Waals surface area contributed by atoms with Crippen molar-refractivity contribution in [2.45, 2.75) is 32.5 Å². The summed E-state index contributed by atoms with van der Waals surface area (Å²) in [6, 6.07) is 3.19. The van der Waals surface area contributed by atoms with Crippen LogP contribution in [0.15, 0.2) is 18.2 Å². The molecule has 0 amide bonds. The van der Waals surface area contributed by atoms with Crippen LogP contribution in [0.1, 0.15) is 26.2 Å². The van der Waals surface area contributed by atoms with Gasteiger partial charge in [-0.2, -0.15) is 0 Å². The monoisotopic (exact) mass is 216 g/mol. The third kappa shape index (κ3) is 3.73. The van der Waals surface area contributed by atoms with Crippen LogP contribution in [0, 0.1) is 5.82 Å². The summed E-state index contributed by atoms with van der Waals surface area (Å²) in [6.45, 7) is 1.94. The zero-order valence-electron chi connectivity index (χ0n) is 8.54. The van der Waals surface area contributed by atoms with Crippen LogP contribution in [0.25, 0.3) is 0 Å². The van der Waals surface area contributed by atoms with Crippen molar-refractivity contribution >= 4 is 0 Å². The Labute approximate surface area is 87.5 Å². The van der Waals surface area contributed by atoms with Crippen LogP contribution in [0.3, 0.4) is 0 Å². The fourth-order valence-corrected chi connectivity index (χ4v) is 1.14. The Morgan fingerprint density at radius 1 is 1.47 bits per heavy atom. The first-order chi connectivity index (χ1) is 7.13. The number of ether oxygens (including phenoxy) is 1. The lowest BCUT2D eigenvalue weighted by atomic mass is 10.2. The zero-order chi connectivity index (χ0) is 11.3. The van der Waals surface area contributed by atoms with Crippen LogP contribution >= 0.6 is 0 Å². The molecule has 15 heavy (non-hydrogen) atoms. The number of rotatable bonds is 5. The van der Waals surface area contributed by atoms with Gasteiger partial charge in [-0.3, -0.25) is 0 Å². The average Bonchev–Trinajstić information content (AvgIpc) is 2.20. The number of hydrogen-bond donors (Lipinski definition) is 1. The SMILES string of the molecule is CCCCC(F)Oc1cc(F)ccc1O. The molecule has 0 saturated carbocycles. The lowest BCUT2D eigenvalue weighted by Gasteiger charge is -2.11. The molecule has 1 aromatic rings. The highest BCUT2D eigenvalue weighted by Crippen LogP contribution is 2.28. The van der Waals surface area contributed by atoms with Crippen LogP contribution in [0.2, 0.25) is 0 Å². The van der Waals surface area contributed by atoms with Gasteiger partial charge in [0.25, 0.3) is 0 Å². The minimum atomic E-state index is -1.50. The molecule has 1 unspecified atom stereocenters. The fourth-order valence-electron chi connectivity index (χ4n) is 1.14. The number of phenolic OH excluding ortho intramolecular Hbond substituents is 1. The lowest BCUT2D eigenvalue weighted by Crippen LogP contribution is -2.09. The van der Waals surface area contributed by atoms with Crippen LogP contribution in [0.5, 0.6) is 11.5 Å². The van der Waals surface area contributed by atoms with Gasteiger partial charge in [0.05, 0.1) is 0 Å². The summed E-state index contributed by atoms with van der Waals surface area (Å²) < 4.78 is 30.6. The van der Waals surface area contributed by atoms with Gasteiger partial charge in [0, 0.05) is 12.5 Å². The number of hydrogen-bond acceptors (Lipinski definition) is 2. The molecule has 2 nitrogen and oxygen atoms in total. The number of halogens is 2. The Bertz CT molecular complexity index is 315. The average molecular weight is 216 g/mol. The molecule has 0 aliphatic carbocycles. The number of alkyl halides is 1. The van der Waals surface area contributed by atoms with Crippen LogP contribution in [0.4, 0.5) is 8.78 Å². The molecule has 0 aromatic heterocycles. The Hall–Kier alpha value is -1.32. The lowest BCUT2D eigenvalue weighted by molar-refractivity contribution is 0.0544. The molecule has 1 N–H and O–H groups in total. The van der Waals surface area contributed by atoms with Gasteiger partial charge in [0.2, 0.25) is 6.36 Å². The Kier molecular flexibility index (Phi) is 4.34. The first kappa shape index (κ1) is 11.8. The summed E-state index contributed by atoms with van der Waals surface area (Å²) in [5.41, 5.74) is 0. The molecule has 84 valence electrons. The smallest absolute Gasteiger partial charge is 0.238 e. The molecule has 1 atom stereocenters. The number of aromatic hydroxyl groups is 1. The highest BCUT2D eigenvalue weighted by atomic mass is 19.1. The quantitative estimate of drug-likeness (QED) is 0.817. The molecule has 0 aliphatic rings. The van der Waals surface area contributed by atoms with E-state index in [9.17, 15) is 13.9 Å². The molecule has 1 rings (SSSR count). The van der Waals surface area contributed by atoms with Gasteiger partial charge in [-0.1, -0.05) is 13.3 Å². The van der Waals surface area contributed by atoms with Crippen molar-refractivity contribution < 1.29 is 18.6 Å². The maximum absolute atomic E-state index is 13.1. The highest BCUT2D eigenvalue weighted by molar-refractivity contribution is 5.38. The van der Waals surface area contributed by atoms with E-state index in [4.69, 9.17) is 4.74 Å². The predicted octanol–water partition coefficient (Wildman–Crippen LogP) is 3.40. The first-order valence-corrected chi connectivity index (χ1v) is 4.92. The van der Waals surface area contributed by atoms with Gasteiger partial charge in [0.1, 0.15) is 5.82 Å². The van der Waals surface area contributed by atoms with E-state index < -0.39 is 12.2 Å². The van der Waals surface area contributed by atoms with E-state index in [0.29, 0.717) is 6.42 Å². The Morgan fingerprint density at radius 3 is 2.87 bits per heavy atom. The van der Waals surface area contributed by atoms with Crippen LogP contribution in [-0.2, 0) is 0 Å². The molecule has 1 aromatic carbocycles. The van der Waals surface area contributed by atoms with Crippen molar-refractivity contribution in [3.05, 3.63) is 24.0 Å². The van der Waals surface area contributed by atoms with E-state index in [1.54, 1.807) is 0 Å². The van der Waals surface area contributed by atoms with Crippen molar-refractivity contribution in [3.8, 4) is 11.5 Å². The summed E-state index contributed by atoms with van der Waals surface area (Å²) in [6.07, 6.45) is 0.292. The molecule has 0 aliphatic heterocycles. The number of benzene rings is 1. The van der Waals surface area contributed by atoms with E-state index in [1.165, 1.54) is 0 Å². The van der Waals surface area contributed by atoms with Crippen molar-refractivity contribution in [2.24, 2.45) is 0 Å². The zero-order valence-corrected chi connectivity index (χ0v) is 8.54. The predicted molar refractivity (Wildman–Crippen MR) is 53.1 cm³/mol. The summed E-state index contributed by atoms with van der Waals surface area (Å²) in [7, 11) is 0. The van der Waals surface area contributed by atoms with Gasteiger partial charge in [-0.05, 0) is 18.6 Å². The van der Waals surface area contributed by atoms with E-state index in [1.807, 2.05) is 6.92 Å². The summed E-state index contributed by atoms with van der Waals surface area (Å²) in [5, 5.41) is 9.25. The molecule has 0 fully saturated rings. The second kappa shape index (κ2) is 5.53. The Morgan fingerprint density at radius 2 is 2.20 bits per heavy atom. The van der Waals surface area contributed by atoms with Gasteiger partial charge < -0.3 is 9.84 Å². The second-order valence-corrected chi connectivity index (χ2v) is 3.28. The van der Waals surface area contributed by atoms with Gasteiger partial charge in [-0.25, -0.2) is 8.78 Å². The third-order valence-electron chi connectivity index (χ3n) is 1.96. The topological polar surface area (TPSA) is 29.5 Å². The summed E-state index contributed by atoms with van der Waals surface area (Å²) in [5.74, 6) is -0.973. The maximum atomic E-state index is 13.1. The third-order valence-corrected chi connectivity index (χ3v) is 1.96. The molecular weight excluding hydrogens is 202 g/mol. The van der Waals surface area contributed by atoms with Gasteiger partial charge in [-0.15, -0.1) is 0 Å². The van der Waals surface area contributed by atoms with E-state index in [0.717, 1.165) is 24.6 Å². The minimum Gasteiger partial charge on any atom is -0.504 e. The van der Waals surface area contributed by atoms with Crippen molar-refractivity contribution in [2.75, 3.05) is 0 Å².